The molecular weight excluding hydrogens is 450 g/mol. The molecule has 0 aliphatic carbocycles. The van der Waals surface area contributed by atoms with Crippen LogP contribution in [0.3, 0.4) is 0 Å². The number of sulfone groups is 1. The van der Waals surface area contributed by atoms with Gasteiger partial charge in [-0.15, -0.1) is 10.2 Å². The number of carbonyl (C=O) groups excluding carboxylic acids is 1. The molecule has 1 aromatic carbocycles. The van der Waals surface area contributed by atoms with Crippen molar-refractivity contribution in [1.82, 2.24) is 20.4 Å². The molecule has 3 rings (SSSR count). The fraction of sp³-hybridized carbons (Fsp3) is 0.500. The fourth-order valence-corrected chi connectivity index (χ4v) is 5.55. The average molecular weight is 474 g/mol. The summed E-state index contributed by atoms with van der Waals surface area (Å²) in [4.78, 5) is 14.3. The normalized spacial score (nSPS) is 16.1. The molecule has 9 nitrogen and oxygen atoms in total. The smallest absolute Gasteiger partial charge is 0.321 e. The summed E-state index contributed by atoms with van der Waals surface area (Å²) in [5.41, 5.74) is 0. The van der Waals surface area contributed by atoms with E-state index in [4.69, 9.17) is 11.6 Å². The summed E-state index contributed by atoms with van der Waals surface area (Å²) in [5.74, 6) is 0. The SMILES string of the molecule is CCc1nnc(NC(=O)N[C@H](CO)CCN2CC(S(=O)(=O)c3ccc(Cl)cc3)C2)s1. The van der Waals surface area contributed by atoms with E-state index < -0.39 is 27.2 Å². The Kier molecular flexibility index (Phi) is 7.64. The molecule has 12 heteroatoms. The number of carbonyl (C=O) groups is 1. The maximum absolute atomic E-state index is 12.6. The van der Waals surface area contributed by atoms with E-state index >= 15 is 0 Å². The molecule has 1 aliphatic rings. The molecule has 1 aromatic heterocycles. The highest BCUT2D eigenvalue weighted by atomic mass is 35.5. The molecule has 0 spiro atoms. The van der Waals surface area contributed by atoms with E-state index in [1.165, 1.54) is 23.5 Å². The number of aromatic nitrogens is 2. The monoisotopic (exact) mass is 473 g/mol. The number of nitrogens with one attached hydrogen (secondary N) is 2. The van der Waals surface area contributed by atoms with Crippen LogP contribution in [0.2, 0.25) is 5.02 Å². The van der Waals surface area contributed by atoms with Crippen molar-refractivity contribution in [3.05, 3.63) is 34.3 Å². The first-order valence-corrected chi connectivity index (χ1v) is 12.3. The zero-order valence-electron chi connectivity index (χ0n) is 16.4. The van der Waals surface area contributed by atoms with Crippen LogP contribution >= 0.6 is 22.9 Å². The van der Waals surface area contributed by atoms with Crippen LogP contribution in [0.4, 0.5) is 9.93 Å². The van der Waals surface area contributed by atoms with Crippen LogP contribution < -0.4 is 10.6 Å². The fourth-order valence-electron chi connectivity index (χ4n) is 3.03. The number of rotatable bonds is 9. The molecular formula is C18H24ClN5O4S2. The van der Waals surface area contributed by atoms with Gasteiger partial charge in [0.25, 0.3) is 0 Å². The topological polar surface area (TPSA) is 125 Å². The molecule has 0 radical (unpaired) electrons. The van der Waals surface area contributed by atoms with Gasteiger partial charge in [-0.05, 0) is 37.1 Å². The Morgan fingerprint density at radius 2 is 2.03 bits per heavy atom. The first-order chi connectivity index (χ1) is 14.3. The van der Waals surface area contributed by atoms with Gasteiger partial charge in [-0.25, -0.2) is 13.2 Å². The van der Waals surface area contributed by atoms with E-state index in [9.17, 15) is 18.3 Å². The molecule has 1 aliphatic heterocycles. The number of amides is 2. The minimum absolute atomic E-state index is 0.218. The Bertz CT molecular complexity index is 961. The quantitative estimate of drug-likeness (QED) is 0.507. The predicted octanol–water partition coefficient (Wildman–Crippen LogP) is 1.78. The van der Waals surface area contributed by atoms with Gasteiger partial charge in [-0.1, -0.05) is 29.9 Å². The third-order valence-electron chi connectivity index (χ3n) is 4.84. The highest BCUT2D eigenvalue weighted by molar-refractivity contribution is 7.92. The van der Waals surface area contributed by atoms with Crippen molar-refractivity contribution in [2.45, 2.75) is 36.0 Å². The van der Waals surface area contributed by atoms with Gasteiger partial charge >= 0.3 is 6.03 Å². The third kappa shape index (κ3) is 5.67. The first-order valence-electron chi connectivity index (χ1n) is 9.54. The molecule has 1 atom stereocenters. The van der Waals surface area contributed by atoms with Crippen LogP contribution in [-0.4, -0.2) is 72.2 Å². The van der Waals surface area contributed by atoms with E-state index in [0.29, 0.717) is 36.2 Å². The van der Waals surface area contributed by atoms with E-state index in [1.54, 1.807) is 12.1 Å². The predicted molar refractivity (Wildman–Crippen MR) is 116 cm³/mol. The summed E-state index contributed by atoms with van der Waals surface area (Å²) >= 11 is 7.12. The first kappa shape index (κ1) is 22.9. The molecule has 2 heterocycles. The summed E-state index contributed by atoms with van der Waals surface area (Å²) in [7, 11) is -3.39. The zero-order valence-corrected chi connectivity index (χ0v) is 18.8. The highest BCUT2D eigenvalue weighted by Crippen LogP contribution is 2.25. The molecule has 0 bridgehead atoms. The second-order valence-electron chi connectivity index (χ2n) is 7.00. The number of nitrogens with zero attached hydrogens (tertiary/aromatic N) is 3. The summed E-state index contributed by atoms with van der Waals surface area (Å²) in [6, 6.07) is 5.27. The molecule has 1 fully saturated rings. The molecule has 164 valence electrons. The number of benzene rings is 1. The number of aliphatic hydroxyl groups excluding tert-OH is 1. The van der Waals surface area contributed by atoms with Gasteiger partial charge in [0, 0.05) is 24.7 Å². The van der Waals surface area contributed by atoms with Crippen molar-refractivity contribution in [1.29, 1.82) is 0 Å². The van der Waals surface area contributed by atoms with Crippen LogP contribution in [0.5, 0.6) is 0 Å². The molecule has 0 saturated carbocycles. The molecule has 3 N–H and O–H groups in total. The molecule has 2 aromatic rings. The van der Waals surface area contributed by atoms with Gasteiger partial charge in [-0.2, -0.15) is 0 Å². The largest absolute Gasteiger partial charge is 0.394 e. The number of halogens is 1. The van der Waals surface area contributed by atoms with Crippen LogP contribution in [0.1, 0.15) is 18.4 Å². The number of urea groups is 1. The van der Waals surface area contributed by atoms with Gasteiger partial charge < -0.3 is 15.3 Å². The summed E-state index contributed by atoms with van der Waals surface area (Å²) in [6.07, 6.45) is 1.23. The summed E-state index contributed by atoms with van der Waals surface area (Å²) < 4.78 is 25.2. The Morgan fingerprint density at radius 1 is 1.33 bits per heavy atom. The van der Waals surface area contributed by atoms with E-state index in [2.05, 4.69) is 20.8 Å². The van der Waals surface area contributed by atoms with Gasteiger partial charge in [0.1, 0.15) is 5.01 Å². The van der Waals surface area contributed by atoms with Crippen LogP contribution in [0.15, 0.2) is 29.2 Å². The van der Waals surface area contributed by atoms with Gasteiger partial charge in [-0.3, -0.25) is 5.32 Å². The standard InChI is InChI=1S/C18H24ClN5O4S2/c1-2-16-22-23-18(29-16)21-17(26)20-13(11-25)7-8-24-9-15(10-24)30(27,28)14-5-3-12(19)4-6-14/h3-6,13,15,25H,2,7-11H2,1H3,(H2,20,21,23,26)/t13-/m0/s1. The number of aryl methyl sites for hydroxylation is 1. The van der Waals surface area contributed by atoms with Crippen LogP contribution in [0, 0.1) is 0 Å². The van der Waals surface area contributed by atoms with E-state index in [-0.39, 0.29) is 11.5 Å². The zero-order chi connectivity index (χ0) is 21.7. The van der Waals surface area contributed by atoms with Crippen LogP contribution in [0.25, 0.3) is 0 Å². The van der Waals surface area contributed by atoms with Crippen molar-refractivity contribution in [2.75, 3.05) is 31.6 Å². The number of hydrogen-bond donors (Lipinski definition) is 3. The maximum Gasteiger partial charge on any atom is 0.321 e. The molecule has 2 amide bonds. The average Bonchev–Trinajstić information content (AvgIpc) is 3.13. The molecule has 0 unspecified atom stereocenters. The maximum atomic E-state index is 12.6. The minimum Gasteiger partial charge on any atom is -0.394 e. The van der Waals surface area contributed by atoms with Gasteiger partial charge in [0.05, 0.1) is 22.8 Å². The summed E-state index contributed by atoms with van der Waals surface area (Å²) in [6.45, 7) is 3.13. The number of hydrogen-bond acceptors (Lipinski definition) is 8. The minimum atomic E-state index is -3.39. The Hall–Kier alpha value is -1.79. The van der Waals surface area contributed by atoms with Crippen molar-refractivity contribution in [2.24, 2.45) is 0 Å². The lowest BCUT2D eigenvalue weighted by molar-refractivity contribution is 0.160. The lowest BCUT2D eigenvalue weighted by Crippen LogP contribution is -2.55. The number of aliphatic hydroxyl groups is 1. The molecule has 1 saturated heterocycles. The van der Waals surface area contributed by atoms with Crippen molar-refractivity contribution < 1.29 is 18.3 Å². The van der Waals surface area contributed by atoms with E-state index in [0.717, 1.165) is 11.4 Å². The third-order valence-corrected chi connectivity index (χ3v) is 8.18. The lowest BCUT2D eigenvalue weighted by atomic mass is 10.1. The van der Waals surface area contributed by atoms with Crippen LogP contribution in [-0.2, 0) is 16.3 Å². The molecule has 30 heavy (non-hydrogen) atoms. The second-order valence-corrected chi connectivity index (χ2v) is 10.7. The highest BCUT2D eigenvalue weighted by Gasteiger charge is 2.38. The lowest BCUT2D eigenvalue weighted by Gasteiger charge is -2.39. The Balaban J connectivity index is 1.42. The van der Waals surface area contributed by atoms with Crippen molar-refractivity contribution in [3.63, 3.8) is 0 Å². The number of anilines is 1. The Labute approximate surface area is 184 Å². The van der Waals surface area contributed by atoms with Crippen molar-refractivity contribution >= 4 is 43.9 Å². The second kappa shape index (κ2) is 10.0. The van der Waals surface area contributed by atoms with Gasteiger partial charge in [0.15, 0.2) is 9.84 Å². The Morgan fingerprint density at radius 3 is 2.63 bits per heavy atom. The van der Waals surface area contributed by atoms with E-state index in [1.807, 2.05) is 11.8 Å². The summed E-state index contributed by atoms with van der Waals surface area (Å²) in [5, 5.41) is 23.9. The van der Waals surface area contributed by atoms with Gasteiger partial charge in [0.2, 0.25) is 5.13 Å². The van der Waals surface area contributed by atoms with Crippen molar-refractivity contribution in [3.8, 4) is 0 Å². The number of likely N-dealkylation sites (tertiary alicyclic amines) is 1.